The number of aromatic nitrogens is 5. The number of benzene rings is 7. The van der Waals surface area contributed by atoms with E-state index >= 15 is 0 Å². The molecular weight excluding hydrogens is 779 g/mol. The molecule has 4 aliphatic rings. The summed E-state index contributed by atoms with van der Waals surface area (Å²) in [5.74, 6) is 2.08. The van der Waals surface area contributed by atoms with Gasteiger partial charge in [-0.15, -0.1) is 0 Å². The van der Waals surface area contributed by atoms with Crippen molar-refractivity contribution in [3.63, 3.8) is 0 Å². The summed E-state index contributed by atoms with van der Waals surface area (Å²) in [5, 5.41) is 2.50. The molecule has 5 nitrogen and oxygen atoms in total. The average molecular weight is 820 g/mol. The van der Waals surface area contributed by atoms with Crippen molar-refractivity contribution in [2.45, 2.75) is 37.0 Å². The molecule has 0 fully saturated rings. The maximum absolute atomic E-state index is 5.57. The first-order chi connectivity index (χ1) is 31.5. The first kappa shape index (κ1) is 35.7. The SMILES string of the molecule is CC1(C)C=Cc2c1c1ccccc1n2-c1nc(-c2cccc(C3(c4ccccc4)c4ccccc4-c4ccccc43)c2)nc(-n2c3c4c5c(cccc52)-c2ccccc2C4CC=C3)n1. The molecule has 0 N–H and O–H groups in total. The van der Waals surface area contributed by atoms with E-state index in [1.165, 1.54) is 66.4 Å². The van der Waals surface area contributed by atoms with E-state index in [0.717, 1.165) is 40.0 Å². The molecule has 0 saturated heterocycles. The summed E-state index contributed by atoms with van der Waals surface area (Å²) in [5.41, 5.74) is 18.7. The van der Waals surface area contributed by atoms with Crippen molar-refractivity contribution in [2.24, 2.45) is 0 Å². The van der Waals surface area contributed by atoms with Gasteiger partial charge in [-0.2, -0.15) is 15.0 Å². The zero-order valence-corrected chi connectivity index (χ0v) is 35.5. The van der Waals surface area contributed by atoms with Gasteiger partial charge in [0, 0.05) is 27.7 Å². The van der Waals surface area contributed by atoms with Crippen LogP contribution in [0.3, 0.4) is 0 Å². The smallest absolute Gasteiger partial charge is 0.240 e. The predicted molar refractivity (Wildman–Crippen MR) is 259 cm³/mol. The first-order valence-electron chi connectivity index (χ1n) is 22.4. The maximum Gasteiger partial charge on any atom is 0.240 e. The molecule has 14 rings (SSSR count). The van der Waals surface area contributed by atoms with E-state index in [-0.39, 0.29) is 11.3 Å². The number of allylic oxidation sites excluding steroid dienone is 2. The third-order valence-corrected chi connectivity index (χ3v) is 14.6. The fraction of sp³-hybridized carbons (Fsp3) is 0.102. The van der Waals surface area contributed by atoms with Crippen LogP contribution in [-0.4, -0.2) is 24.1 Å². The van der Waals surface area contributed by atoms with E-state index in [2.05, 4.69) is 217 Å². The van der Waals surface area contributed by atoms with Crippen LogP contribution in [0.25, 0.3) is 79.5 Å². The van der Waals surface area contributed by atoms with Crippen molar-refractivity contribution in [1.29, 1.82) is 0 Å². The van der Waals surface area contributed by atoms with Crippen LogP contribution in [0.2, 0.25) is 0 Å². The molecule has 0 spiro atoms. The lowest BCUT2D eigenvalue weighted by Crippen LogP contribution is -2.28. The van der Waals surface area contributed by atoms with Gasteiger partial charge in [-0.1, -0.05) is 178 Å². The lowest BCUT2D eigenvalue weighted by molar-refractivity contribution is 0.688. The molecule has 3 aromatic heterocycles. The lowest BCUT2D eigenvalue weighted by atomic mass is 9.67. The Labute approximate surface area is 371 Å². The molecule has 5 heteroatoms. The Bertz CT molecular complexity index is 3650. The van der Waals surface area contributed by atoms with Crippen molar-refractivity contribution < 1.29 is 0 Å². The van der Waals surface area contributed by atoms with Crippen LogP contribution in [-0.2, 0) is 10.8 Å². The normalized spacial score (nSPS) is 16.5. The highest BCUT2D eigenvalue weighted by molar-refractivity contribution is 6.05. The van der Waals surface area contributed by atoms with Crippen LogP contribution >= 0.6 is 0 Å². The molecule has 10 aromatic rings. The number of hydrogen-bond acceptors (Lipinski definition) is 3. The Morgan fingerprint density at radius 3 is 1.95 bits per heavy atom. The quantitative estimate of drug-likeness (QED) is 0.174. The molecule has 7 aromatic carbocycles. The molecule has 0 saturated carbocycles. The highest BCUT2D eigenvalue weighted by atomic mass is 15.3. The van der Waals surface area contributed by atoms with Crippen molar-refractivity contribution in [3.8, 4) is 45.5 Å². The summed E-state index contributed by atoms with van der Waals surface area (Å²) in [7, 11) is 0. The van der Waals surface area contributed by atoms with Crippen LogP contribution in [0.15, 0.2) is 182 Å². The van der Waals surface area contributed by atoms with Crippen molar-refractivity contribution in [2.75, 3.05) is 0 Å². The molecule has 0 bridgehead atoms. The Morgan fingerprint density at radius 2 is 1.16 bits per heavy atom. The second-order valence-electron chi connectivity index (χ2n) is 18.3. The Hall–Kier alpha value is -7.89. The van der Waals surface area contributed by atoms with Gasteiger partial charge in [0.15, 0.2) is 5.82 Å². The first-order valence-corrected chi connectivity index (χ1v) is 22.4. The zero-order chi connectivity index (χ0) is 42.3. The van der Waals surface area contributed by atoms with E-state index in [1.807, 2.05) is 0 Å². The van der Waals surface area contributed by atoms with Gasteiger partial charge in [-0.05, 0) is 98.0 Å². The van der Waals surface area contributed by atoms with Crippen molar-refractivity contribution >= 4 is 34.0 Å². The number of para-hydroxylation sites is 1. The Morgan fingerprint density at radius 1 is 0.531 bits per heavy atom. The summed E-state index contributed by atoms with van der Waals surface area (Å²) in [6, 6.07) is 62.1. The van der Waals surface area contributed by atoms with Crippen molar-refractivity contribution in [1.82, 2.24) is 24.1 Å². The number of rotatable bonds is 5. The summed E-state index contributed by atoms with van der Waals surface area (Å²) in [6.45, 7) is 4.59. The van der Waals surface area contributed by atoms with E-state index < -0.39 is 5.41 Å². The van der Waals surface area contributed by atoms with Gasteiger partial charge < -0.3 is 0 Å². The minimum atomic E-state index is -0.562. The van der Waals surface area contributed by atoms with Crippen molar-refractivity contribution in [3.05, 3.63) is 232 Å². The molecule has 3 heterocycles. The molecule has 0 radical (unpaired) electrons. The van der Waals surface area contributed by atoms with Crippen LogP contribution in [0.5, 0.6) is 0 Å². The van der Waals surface area contributed by atoms with E-state index in [9.17, 15) is 0 Å². The third-order valence-electron chi connectivity index (χ3n) is 14.6. The fourth-order valence-electron chi connectivity index (χ4n) is 12.1. The summed E-state index contributed by atoms with van der Waals surface area (Å²) < 4.78 is 4.57. The number of hydrogen-bond donors (Lipinski definition) is 0. The lowest BCUT2D eigenvalue weighted by Gasteiger charge is -2.34. The van der Waals surface area contributed by atoms with Gasteiger partial charge in [0.1, 0.15) is 0 Å². The largest absolute Gasteiger partial charge is 0.278 e. The summed E-state index contributed by atoms with van der Waals surface area (Å²) >= 11 is 0. The summed E-state index contributed by atoms with van der Waals surface area (Å²) in [6.07, 6.45) is 10.1. The molecule has 64 heavy (non-hydrogen) atoms. The van der Waals surface area contributed by atoms with Gasteiger partial charge in [-0.25, -0.2) is 0 Å². The standard InChI is InChI=1S/C59H41N5/c1-58(2)34-33-51-54(58)45-25-10-13-30-48(45)63(51)56-60-55(61-57(62-56)64-49-31-15-26-43-39-21-6-7-22-40(39)44-27-16-32-50(64)53(44)52(43)49)36-17-14-20-38(35-36)59(37-18-4-3-5-19-37)46-28-11-8-23-41(46)42-24-9-12-29-47(42)59/h3-26,28-35,44H,27H2,1-2H3. The van der Waals surface area contributed by atoms with Gasteiger partial charge in [0.2, 0.25) is 11.9 Å². The van der Waals surface area contributed by atoms with Crippen LogP contribution < -0.4 is 0 Å². The van der Waals surface area contributed by atoms with E-state index in [4.69, 9.17) is 15.0 Å². The van der Waals surface area contributed by atoms with Gasteiger partial charge in [0.25, 0.3) is 0 Å². The molecule has 4 aliphatic carbocycles. The van der Waals surface area contributed by atoms with E-state index in [0.29, 0.717) is 17.7 Å². The number of fused-ring (bicyclic) bond motifs is 9. The maximum atomic E-state index is 5.57. The monoisotopic (exact) mass is 819 g/mol. The van der Waals surface area contributed by atoms with Crippen LogP contribution in [0.1, 0.15) is 76.5 Å². The minimum Gasteiger partial charge on any atom is -0.278 e. The fourth-order valence-corrected chi connectivity index (χ4v) is 12.1. The van der Waals surface area contributed by atoms with Gasteiger partial charge >= 0.3 is 0 Å². The van der Waals surface area contributed by atoms with Gasteiger partial charge in [0.05, 0.1) is 27.8 Å². The number of nitrogens with zero attached hydrogens (tertiary/aromatic N) is 5. The zero-order valence-electron chi connectivity index (χ0n) is 35.5. The highest BCUT2D eigenvalue weighted by Crippen LogP contribution is 2.57. The second kappa shape index (κ2) is 12.8. The minimum absolute atomic E-state index is 0.150. The molecule has 1 atom stereocenters. The average Bonchev–Trinajstić information content (AvgIpc) is 4.07. The third kappa shape index (κ3) is 4.60. The Kier molecular flexibility index (Phi) is 7.16. The molecule has 0 aliphatic heterocycles. The van der Waals surface area contributed by atoms with Gasteiger partial charge in [-0.3, -0.25) is 9.13 Å². The molecule has 1 unspecified atom stereocenters. The summed E-state index contributed by atoms with van der Waals surface area (Å²) in [4.78, 5) is 16.7. The van der Waals surface area contributed by atoms with Crippen LogP contribution in [0.4, 0.5) is 0 Å². The second-order valence-corrected chi connectivity index (χ2v) is 18.3. The van der Waals surface area contributed by atoms with Crippen LogP contribution in [0, 0.1) is 0 Å². The highest BCUT2D eigenvalue weighted by Gasteiger charge is 2.46. The molecule has 302 valence electrons. The predicted octanol–water partition coefficient (Wildman–Crippen LogP) is 13.6. The Balaban J connectivity index is 1.06. The molecular formula is C59H41N5. The van der Waals surface area contributed by atoms with E-state index in [1.54, 1.807) is 0 Å². The topological polar surface area (TPSA) is 48.5 Å². The molecule has 0 amide bonds.